The van der Waals surface area contributed by atoms with E-state index in [2.05, 4.69) is 0 Å². The van der Waals surface area contributed by atoms with E-state index in [-0.39, 0.29) is 0 Å². The van der Waals surface area contributed by atoms with Crippen molar-refractivity contribution < 1.29 is 21.6 Å². The SMILES string of the molecule is CC1(F)CS(=O)(=O)C(F)C1F. The predicted octanol–water partition coefficient (Wildman–Crippen LogP) is 0.777. The normalized spacial score (nSPS) is 49.5. The van der Waals surface area contributed by atoms with Gasteiger partial charge in [0.05, 0.1) is 5.75 Å². The molecule has 0 bridgehead atoms. The van der Waals surface area contributed by atoms with Crippen LogP contribution in [-0.2, 0) is 9.84 Å². The molecule has 0 aromatic carbocycles. The summed E-state index contributed by atoms with van der Waals surface area (Å²) in [7, 11) is -4.20. The van der Waals surface area contributed by atoms with Gasteiger partial charge in [0.2, 0.25) is 5.50 Å². The van der Waals surface area contributed by atoms with E-state index in [9.17, 15) is 21.6 Å². The second-order valence-corrected chi connectivity index (χ2v) is 4.90. The van der Waals surface area contributed by atoms with Crippen LogP contribution in [0.5, 0.6) is 0 Å². The third-order valence-electron chi connectivity index (χ3n) is 1.63. The van der Waals surface area contributed by atoms with Gasteiger partial charge in [-0.3, -0.25) is 0 Å². The maximum atomic E-state index is 12.8. The van der Waals surface area contributed by atoms with Crippen LogP contribution in [0.4, 0.5) is 13.2 Å². The molecule has 66 valence electrons. The Morgan fingerprint density at radius 2 is 1.91 bits per heavy atom. The molecule has 0 spiro atoms. The van der Waals surface area contributed by atoms with E-state index in [0.717, 1.165) is 6.92 Å². The molecule has 1 heterocycles. The van der Waals surface area contributed by atoms with Gasteiger partial charge >= 0.3 is 0 Å². The van der Waals surface area contributed by atoms with Gasteiger partial charge in [0.25, 0.3) is 0 Å². The fourth-order valence-corrected chi connectivity index (χ4v) is 2.76. The van der Waals surface area contributed by atoms with Crippen LogP contribution in [0.25, 0.3) is 0 Å². The molecule has 0 saturated carbocycles. The minimum absolute atomic E-state index is 0.745. The van der Waals surface area contributed by atoms with Crippen LogP contribution < -0.4 is 0 Å². The Kier molecular flexibility index (Phi) is 1.70. The van der Waals surface area contributed by atoms with E-state index < -0.39 is 32.9 Å². The fraction of sp³-hybridized carbons (Fsp3) is 1.00. The van der Waals surface area contributed by atoms with Gasteiger partial charge in [-0.15, -0.1) is 0 Å². The second kappa shape index (κ2) is 2.12. The summed E-state index contributed by atoms with van der Waals surface area (Å²) in [5.41, 5.74) is -5.27. The number of hydrogen-bond acceptors (Lipinski definition) is 2. The van der Waals surface area contributed by atoms with E-state index in [1.54, 1.807) is 0 Å². The summed E-state index contributed by atoms with van der Waals surface area (Å²) in [6, 6.07) is 0. The molecule has 1 aliphatic heterocycles. The largest absolute Gasteiger partial charge is 0.240 e. The first-order valence-corrected chi connectivity index (χ1v) is 4.67. The molecule has 1 aliphatic rings. The van der Waals surface area contributed by atoms with Crippen molar-refractivity contribution in [3.05, 3.63) is 0 Å². The average Bonchev–Trinajstić information content (AvgIpc) is 1.91. The lowest BCUT2D eigenvalue weighted by Gasteiger charge is -2.12. The average molecular weight is 188 g/mol. The van der Waals surface area contributed by atoms with Gasteiger partial charge < -0.3 is 0 Å². The van der Waals surface area contributed by atoms with Crippen LogP contribution in [0, 0.1) is 0 Å². The Labute approximate surface area is 62.3 Å². The van der Waals surface area contributed by atoms with Gasteiger partial charge in [-0.25, -0.2) is 21.6 Å². The van der Waals surface area contributed by atoms with Crippen molar-refractivity contribution in [2.24, 2.45) is 0 Å². The van der Waals surface area contributed by atoms with E-state index in [4.69, 9.17) is 0 Å². The molecule has 1 rings (SSSR count). The second-order valence-electron chi connectivity index (χ2n) is 2.84. The Hall–Kier alpha value is -0.260. The first-order chi connectivity index (χ1) is 4.77. The van der Waals surface area contributed by atoms with Crippen molar-refractivity contribution in [2.45, 2.75) is 24.3 Å². The zero-order chi connectivity index (χ0) is 8.86. The van der Waals surface area contributed by atoms with E-state index in [1.165, 1.54) is 0 Å². The number of halogens is 3. The molecule has 0 radical (unpaired) electrons. The first-order valence-electron chi connectivity index (χ1n) is 2.96. The number of hydrogen-bond donors (Lipinski definition) is 0. The van der Waals surface area contributed by atoms with Crippen molar-refractivity contribution in [1.82, 2.24) is 0 Å². The minimum Gasteiger partial charge on any atom is -0.240 e. The maximum Gasteiger partial charge on any atom is 0.234 e. The molecular weight excluding hydrogens is 181 g/mol. The molecule has 3 unspecified atom stereocenters. The Morgan fingerprint density at radius 3 is 2.00 bits per heavy atom. The highest BCUT2D eigenvalue weighted by Gasteiger charge is 2.56. The van der Waals surface area contributed by atoms with E-state index in [0.29, 0.717) is 0 Å². The van der Waals surface area contributed by atoms with Crippen molar-refractivity contribution in [1.29, 1.82) is 0 Å². The zero-order valence-electron chi connectivity index (χ0n) is 5.72. The Balaban J connectivity index is 3.06. The molecular formula is C5H7F3O2S. The topological polar surface area (TPSA) is 34.1 Å². The number of alkyl halides is 3. The van der Waals surface area contributed by atoms with Crippen LogP contribution in [0.15, 0.2) is 0 Å². The highest BCUT2D eigenvalue weighted by molar-refractivity contribution is 7.92. The van der Waals surface area contributed by atoms with Crippen LogP contribution in [0.1, 0.15) is 6.92 Å². The summed E-state index contributed by atoms with van der Waals surface area (Å²) >= 11 is 0. The molecule has 1 fully saturated rings. The number of rotatable bonds is 0. The summed E-state index contributed by atoms with van der Waals surface area (Å²) < 4.78 is 58.7. The lowest BCUT2D eigenvalue weighted by Crippen LogP contribution is -2.31. The molecule has 11 heavy (non-hydrogen) atoms. The lowest BCUT2D eigenvalue weighted by atomic mass is 10.1. The molecule has 3 atom stereocenters. The third-order valence-corrected chi connectivity index (χ3v) is 3.52. The summed E-state index contributed by atoms with van der Waals surface area (Å²) in [5, 5.41) is 0. The van der Waals surface area contributed by atoms with Gasteiger partial charge in [-0.05, 0) is 6.92 Å². The van der Waals surface area contributed by atoms with Crippen LogP contribution in [0.3, 0.4) is 0 Å². The lowest BCUT2D eigenvalue weighted by molar-refractivity contribution is 0.0724. The molecule has 0 N–H and O–H groups in total. The molecule has 0 aromatic heterocycles. The Bertz CT molecular complexity index is 259. The van der Waals surface area contributed by atoms with Gasteiger partial charge in [-0.1, -0.05) is 0 Å². The molecule has 0 aliphatic carbocycles. The quantitative estimate of drug-likeness (QED) is 0.563. The smallest absolute Gasteiger partial charge is 0.234 e. The van der Waals surface area contributed by atoms with Gasteiger partial charge in [0.15, 0.2) is 21.7 Å². The monoisotopic (exact) mass is 188 g/mol. The highest BCUT2D eigenvalue weighted by Crippen LogP contribution is 2.35. The minimum atomic E-state index is -4.20. The first kappa shape index (κ1) is 8.83. The van der Waals surface area contributed by atoms with Crippen LogP contribution in [0.2, 0.25) is 0 Å². The van der Waals surface area contributed by atoms with E-state index in [1.807, 2.05) is 0 Å². The summed E-state index contributed by atoms with van der Waals surface area (Å²) in [6.07, 6.45) is -2.55. The molecule has 0 aromatic rings. The molecule has 1 saturated heterocycles. The van der Waals surface area contributed by atoms with Crippen LogP contribution in [-0.4, -0.2) is 31.5 Å². The molecule has 6 heteroatoms. The fourth-order valence-electron chi connectivity index (χ4n) is 1.01. The predicted molar refractivity (Wildman–Crippen MR) is 33.1 cm³/mol. The maximum absolute atomic E-state index is 12.8. The van der Waals surface area contributed by atoms with Gasteiger partial charge in [0, 0.05) is 0 Å². The van der Waals surface area contributed by atoms with Gasteiger partial charge in [-0.2, -0.15) is 0 Å². The third kappa shape index (κ3) is 1.23. The van der Waals surface area contributed by atoms with Crippen molar-refractivity contribution >= 4 is 9.84 Å². The van der Waals surface area contributed by atoms with Crippen molar-refractivity contribution in [2.75, 3.05) is 5.75 Å². The standard InChI is InChI=1S/C5H7F3O2S/c1-5(8)2-11(9,10)4(7)3(5)6/h3-4H,2H2,1H3. The van der Waals surface area contributed by atoms with E-state index >= 15 is 0 Å². The summed E-state index contributed by atoms with van der Waals surface area (Å²) in [4.78, 5) is 0. The van der Waals surface area contributed by atoms with Crippen LogP contribution >= 0.6 is 0 Å². The summed E-state index contributed by atoms with van der Waals surface area (Å²) in [5.74, 6) is -1.07. The Morgan fingerprint density at radius 1 is 1.45 bits per heavy atom. The molecule has 0 amide bonds. The van der Waals surface area contributed by atoms with Gasteiger partial charge in [0.1, 0.15) is 0 Å². The highest BCUT2D eigenvalue weighted by atomic mass is 32.2. The number of sulfone groups is 1. The zero-order valence-corrected chi connectivity index (χ0v) is 6.54. The van der Waals surface area contributed by atoms with Crippen molar-refractivity contribution in [3.8, 4) is 0 Å². The summed E-state index contributed by atoms with van der Waals surface area (Å²) in [6.45, 7) is 0.745. The van der Waals surface area contributed by atoms with Crippen molar-refractivity contribution in [3.63, 3.8) is 0 Å². The molecule has 2 nitrogen and oxygen atoms in total.